The van der Waals surface area contributed by atoms with E-state index in [0.29, 0.717) is 0 Å². The molecule has 1 fully saturated rings. The van der Waals surface area contributed by atoms with Gasteiger partial charge in [-0.2, -0.15) is 4.31 Å². The number of methoxy groups -OCH3 is 1. The maximum Gasteiger partial charge on any atom is 0.307 e. The van der Waals surface area contributed by atoms with Crippen LogP contribution in [0.25, 0.3) is 0 Å². The molecule has 0 spiro atoms. The Morgan fingerprint density at radius 3 is 2.57 bits per heavy atom. The average Bonchev–Trinajstić information content (AvgIpc) is 2.48. The summed E-state index contributed by atoms with van der Waals surface area (Å²) in [4.78, 5) is 23.2. The molecule has 1 N–H and O–H groups in total. The van der Waals surface area contributed by atoms with Gasteiger partial charge in [0.05, 0.1) is 23.6 Å². The minimum atomic E-state index is -4.16. The third kappa shape index (κ3) is 3.60. The van der Waals surface area contributed by atoms with Crippen molar-refractivity contribution < 1.29 is 22.7 Å². The van der Waals surface area contributed by atoms with Crippen LogP contribution in [0.4, 0.5) is 0 Å². The van der Waals surface area contributed by atoms with E-state index in [1.807, 2.05) is 0 Å². The average molecular weight is 381 g/mol. The van der Waals surface area contributed by atoms with Crippen LogP contribution in [0.15, 0.2) is 23.1 Å². The highest BCUT2D eigenvalue weighted by atomic mass is 35.5. The van der Waals surface area contributed by atoms with Crippen molar-refractivity contribution in [3.05, 3.63) is 28.2 Å². The molecule has 2 rings (SSSR count). The molecule has 1 amide bonds. The minimum absolute atomic E-state index is 0.00269. The molecule has 1 heterocycles. The van der Waals surface area contributed by atoms with Gasteiger partial charge < -0.3 is 10.1 Å². The van der Waals surface area contributed by atoms with E-state index in [0.717, 1.165) is 11.4 Å². The van der Waals surface area contributed by atoms with Crippen LogP contribution in [0, 0.1) is 0 Å². The van der Waals surface area contributed by atoms with Gasteiger partial charge in [-0.05, 0) is 12.1 Å². The molecule has 0 radical (unpaired) electrons. The van der Waals surface area contributed by atoms with Crippen molar-refractivity contribution in [3.8, 4) is 0 Å². The molecule has 23 heavy (non-hydrogen) atoms. The summed E-state index contributed by atoms with van der Waals surface area (Å²) >= 11 is 11.9. The monoisotopic (exact) mass is 380 g/mol. The zero-order valence-corrected chi connectivity index (χ0v) is 14.4. The predicted octanol–water partition coefficient (Wildman–Crippen LogP) is 1.05. The number of carbonyl (C=O) groups excluding carboxylic acids is 2. The van der Waals surface area contributed by atoms with Crippen LogP contribution >= 0.6 is 23.2 Å². The maximum atomic E-state index is 12.9. The maximum absolute atomic E-state index is 12.9. The Labute approximate surface area is 143 Å². The third-order valence-corrected chi connectivity index (χ3v) is 6.22. The zero-order chi connectivity index (χ0) is 17.2. The van der Waals surface area contributed by atoms with Crippen molar-refractivity contribution in [1.29, 1.82) is 0 Å². The first-order valence-corrected chi connectivity index (χ1v) is 8.79. The molecule has 1 aromatic carbocycles. The van der Waals surface area contributed by atoms with Crippen LogP contribution < -0.4 is 5.32 Å². The number of piperazine rings is 1. The van der Waals surface area contributed by atoms with E-state index in [9.17, 15) is 18.0 Å². The van der Waals surface area contributed by atoms with Gasteiger partial charge in [0.2, 0.25) is 15.9 Å². The summed E-state index contributed by atoms with van der Waals surface area (Å²) in [5.41, 5.74) is 0. The fraction of sp³-hybridized carbons (Fsp3) is 0.385. The third-order valence-electron chi connectivity index (χ3n) is 3.36. The second-order valence-electron chi connectivity index (χ2n) is 4.75. The molecule has 7 nitrogen and oxygen atoms in total. The molecule has 0 aromatic heterocycles. The summed E-state index contributed by atoms with van der Waals surface area (Å²) in [5.74, 6) is -1.27. The molecular weight excluding hydrogens is 367 g/mol. The van der Waals surface area contributed by atoms with E-state index in [1.165, 1.54) is 18.2 Å². The van der Waals surface area contributed by atoms with E-state index >= 15 is 0 Å². The highest BCUT2D eigenvalue weighted by Gasteiger charge is 2.41. The normalized spacial score (nSPS) is 19.3. The number of hydrogen-bond acceptors (Lipinski definition) is 5. The van der Waals surface area contributed by atoms with Crippen molar-refractivity contribution in [2.45, 2.75) is 17.4 Å². The lowest BCUT2D eigenvalue weighted by Gasteiger charge is -2.33. The number of esters is 1. The van der Waals surface area contributed by atoms with Crippen LogP contribution in [0.2, 0.25) is 10.0 Å². The van der Waals surface area contributed by atoms with E-state index in [2.05, 4.69) is 10.1 Å². The fourth-order valence-electron chi connectivity index (χ4n) is 2.26. The van der Waals surface area contributed by atoms with Gasteiger partial charge in [-0.15, -0.1) is 0 Å². The topological polar surface area (TPSA) is 92.8 Å². The number of carbonyl (C=O) groups is 2. The van der Waals surface area contributed by atoms with Crippen LogP contribution in [-0.4, -0.2) is 50.8 Å². The number of benzene rings is 1. The Morgan fingerprint density at radius 1 is 1.39 bits per heavy atom. The second-order valence-corrected chi connectivity index (χ2v) is 7.40. The minimum Gasteiger partial charge on any atom is -0.469 e. The zero-order valence-electron chi connectivity index (χ0n) is 12.1. The number of rotatable bonds is 4. The predicted molar refractivity (Wildman–Crippen MR) is 83.8 cm³/mol. The van der Waals surface area contributed by atoms with Gasteiger partial charge in [0, 0.05) is 13.1 Å². The first kappa shape index (κ1) is 18.0. The van der Waals surface area contributed by atoms with Gasteiger partial charge in [-0.25, -0.2) is 8.42 Å². The van der Waals surface area contributed by atoms with E-state index in [-0.39, 0.29) is 28.0 Å². The van der Waals surface area contributed by atoms with Gasteiger partial charge in [-0.3, -0.25) is 9.59 Å². The number of amides is 1. The Hall–Kier alpha value is -1.35. The van der Waals surface area contributed by atoms with E-state index in [4.69, 9.17) is 23.2 Å². The van der Waals surface area contributed by atoms with E-state index in [1.54, 1.807) is 0 Å². The van der Waals surface area contributed by atoms with Gasteiger partial charge in [0.15, 0.2) is 0 Å². The van der Waals surface area contributed by atoms with Crippen LogP contribution in [0.3, 0.4) is 0 Å². The molecule has 1 aliphatic rings. The second kappa shape index (κ2) is 7.04. The van der Waals surface area contributed by atoms with Crippen molar-refractivity contribution >= 4 is 45.1 Å². The molecule has 0 bridgehead atoms. The SMILES string of the molecule is COC(=O)C[C@H]1C(=O)NCCN1S(=O)(=O)c1c(Cl)cccc1Cl. The van der Waals surface area contributed by atoms with Gasteiger partial charge in [0.25, 0.3) is 0 Å². The standard InChI is InChI=1S/C13H14Cl2N2O5S/c1-22-11(18)7-10-13(19)16-5-6-17(10)23(20,21)12-8(14)3-2-4-9(12)15/h2-4,10H,5-7H2,1H3,(H,16,19)/t10-/m0/s1. The summed E-state index contributed by atoms with van der Waals surface area (Å²) in [6, 6.07) is 3.08. The fourth-order valence-corrected chi connectivity index (χ4v) is 4.95. The molecule has 126 valence electrons. The molecule has 10 heteroatoms. The van der Waals surface area contributed by atoms with Gasteiger partial charge in [0.1, 0.15) is 10.9 Å². The lowest BCUT2D eigenvalue weighted by molar-refractivity contribution is -0.144. The summed E-state index contributed by atoms with van der Waals surface area (Å²) in [6.45, 7) is 0.120. The van der Waals surface area contributed by atoms with Crippen LogP contribution in [0.1, 0.15) is 6.42 Å². The van der Waals surface area contributed by atoms with Crippen molar-refractivity contribution in [3.63, 3.8) is 0 Å². The van der Waals surface area contributed by atoms with Crippen molar-refractivity contribution in [2.24, 2.45) is 0 Å². The Balaban J connectivity index is 2.47. The summed E-state index contributed by atoms with van der Waals surface area (Å²) < 4.78 is 31.2. The first-order valence-electron chi connectivity index (χ1n) is 6.59. The molecule has 1 atom stereocenters. The van der Waals surface area contributed by atoms with Crippen LogP contribution in [0.5, 0.6) is 0 Å². The first-order chi connectivity index (χ1) is 10.8. The lowest BCUT2D eigenvalue weighted by Crippen LogP contribution is -2.57. The number of hydrogen-bond donors (Lipinski definition) is 1. The molecular formula is C13H14Cl2N2O5S. The summed E-state index contributed by atoms with van der Waals surface area (Å²) in [7, 11) is -3.00. The molecule has 0 unspecified atom stereocenters. The van der Waals surface area contributed by atoms with Crippen molar-refractivity contribution in [1.82, 2.24) is 9.62 Å². The number of nitrogens with one attached hydrogen (secondary N) is 1. The Morgan fingerprint density at radius 2 is 2.00 bits per heavy atom. The summed E-state index contributed by atoms with van der Waals surface area (Å²) in [6.07, 6.45) is -0.399. The van der Waals surface area contributed by atoms with Crippen molar-refractivity contribution in [2.75, 3.05) is 20.2 Å². The van der Waals surface area contributed by atoms with Gasteiger partial charge in [-0.1, -0.05) is 29.3 Å². The number of ether oxygens (including phenoxy) is 1. The number of sulfonamides is 1. The Kier molecular flexibility index (Phi) is 5.51. The number of nitrogens with zero attached hydrogens (tertiary/aromatic N) is 1. The molecule has 1 saturated heterocycles. The molecule has 0 saturated carbocycles. The summed E-state index contributed by atoms with van der Waals surface area (Å²) in [5, 5.41) is 2.41. The quantitative estimate of drug-likeness (QED) is 0.787. The smallest absolute Gasteiger partial charge is 0.307 e. The highest BCUT2D eigenvalue weighted by molar-refractivity contribution is 7.89. The van der Waals surface area contributed by atoms with E-state index < -0.39 is 34.4 Å². The van der Waals surface area contributed by atoms with Gasteiger partial charge >= 0.3 is 5.97 Å². The molecule has 1 aliphatic heterocycles. The molecule has 0 aliphatic carbocycles. The Bertz CT molecular complexity index is 718. The number of halogens is 2. The molecule has 1 aromatic rings. The highest BCUT2D eigenvalue weighted by Crippen LogP contribution is 2.33. The van der Waals surface area contributed by atoms with Crippen LogP contribution in [-0.2, 0) is 24.3 Å². The lowest BCUT2D eigenvalue weighted by atomic mass is 10.1. The largest absolute Gasteiger partial charge is 0.469 e.